The Hall–Kier alpha value is -4.26. The third-order valence-corrected chi connectivity index (χ3v) is 10.6. The van der Waals surface area contributed by atoms with Gasteiger partial charge in [0, 0.05) is 18.7 Å². The van der Waals surface area contributed by atoms with E-state index in [1.165, 1.54) is 14.2 Å². The van der Waals surface area contributed by atoms with E-state index in [-0.39, 0.29) is 47.7 Å². The van der Waals surface area contributed by atoms with Gasteiger partial charge in [0.05, 0.1) is 37.9 Å². The lowest BCUT2D eigenvalue weighted by atomic mass is 9.62. The maximum Gasteiger partial charge on any atom is 0.309 e. The molecule has 278 valence electrons. The second-order valence-electron chi connectivity index (χ2n) is 13.9. The Morgan fingerprint density at radius 1 is 1.02 bits per heavy atom. The fraction of sp³-hybridized carbons (Fsp3) is 0.538. The summed E-state index contributed by atoms with van der Waals surface area (Å²) in [5.74, 6) is -0.0874. The number of likely N-dealkylation sites (N-methyl/N-ethyl adjacent to an activating group) is 1. The Bertz CT molecular complexity index is 1610. The van der Waals surface area contributed by atoms with E-state index < -0.39 is 23.6 Å². The second-order valence-corrected chi connectivity index (χ2v) is 13.9. The molecule has 1 aliphatic carbocycles. The number of aryl methyl sites for hydroxylation is 1. The van der Waals surface area contributed by atoms with Gasteiger partial charge in [-0.05, 0) is 104 Å². The molecular formula is C39H53N3O9. The third-order valence-electron chi connectivity index (χ3n) is 10.6. The number of carbonyl (C=O) groups is 1. The molecule has 2 heterocycles. The molecule has 0 radical (unpaired) electrons. The minimum absolute atomic E-state index is 0.0755. The Labute approximate surface area is 299 Å². The highest BCUT2D eigenvalue weighted by molar-refractivity contribution is 5.75. The standard InChI is InChI=1S/C39H53N3O9/c1-4-41-30(29(16-25-12-15-42-36(40)18-25)39(38(46)47)13-6-5-7-14-39)23-50-35-20-26(19-34(49-3)37(35)45)32-22-27(43)21-28(51-32)10-8-24-9-11-31(44)33(17-24)48-2/h9,11-12,15,17-20,27-30,32,41,43-45H,4-8,10,13-14,16,21-23H2,1-3H3,(H2,40,42)(H,46,47). The van der Waals surface area contributed by atoms with Gasteiger partial charge in [-0.25, -0.2) is 4.98 Å². The highest BCUT2D eigenvalue weighted by Crippen LogP contribution is 2.47. The predicted molar refractivity (Wildman–Crippen MR) is 192 cm³/mol. The number of aliphatic hydroxyl groups is 1. The quantitative estimate of drug-likeness (QED) is 0.109. The van der Waals surface area contributed by atoms with E-state index in [0.29, 0.717) is 68.6 Å². The van der Waals surface area contributed by atoms with Gasteiger partial charge >= 0.3 is 5.97 Å². The van der Waals surface area contributed by atoms with Crippen LogP contribution in [-0.4, -0.2) is 77.0 Å². The fourth-order valence-corrected chi connectivity index (χ4v) is 7.93. The molecular weight excluding hydrogens is 654 g/mol. The molecule has 0 spiro atoms. The number of carboxylic acid groups (broad SMARTS) is 1. The van der Waals surface area contributed by atoms with Crippen LogP contribution < -0.4 is 25.3 Å². The van der Waals surface area contributed by atoms with Crippen LogP contribution >= 0.6 is 0 Å². The average Bonchev–Trinajstić information content (AvgIpc) is 3.12. The van der Waals surface area contributed by atoms with Crippen LogP contribution in [0, 0.1) is 11.3 Å². The Morgan fingerprint density at radius 3 is 2.45 bits per heavy atom. The van der Waals surface area contributed by atoms with Crippen molar-refractivity contribution in [2.45, 2.75) is 95.5 Å². The molecule has 3 aromatic rings. The zero-order chi connectivity index (χ0) is 36.5. The first-order valence-electron chi connectivity index (χ1n) is 18.0. The molecule has 0 amide bonds. The number of ether oxygens (including phenoxy) is 4. The summed E-state index contributed by atoms with van der Waals surface area (Å²) in [5, 5.41) is 46.3. The smallest absolute Gasteiger partial charge is 0.309 e. The highest BCUT2D eigenvalue weighted by atomic mass is 16.5. The van der Waals surface area contributed by atoms with Gasteiger partial charge in [0.25, 0.3) is 0 Å². The molecule has 1 saturated heterocycles. The number of aromatic nitrogens is 1. The van der Waals surface area contributed by atoms with E-state index >= 15 is 0 Å². The van der Waals surface area contributed by atoms with Gasteiger partial charge in [0.2, 0.25) is 5.75 Å². The van der Waals surface area contributed by atoms with Gasteiger partial charge in [-0.3, -0.25) is 4.79 Å². The number of aromatic hydroxyl groups is 2. The van der Waals surface area contributed by atoms with Crippen LogP contribution in [0.1, 0.15) is 81.1 Å². The lowest BCUT2D eigenvalue weighted by Crippen LogP contribution is -2.53. The number of nitrogens with one attached hydrogen (secondary N) is 1. The molecule has 0 bridgehead atoms. The molecule has 7 N–H and O–H groups in total. The molecule has 51 heavy (non-hydrogen) atoms. The van der Waals surface area contributed by atoms with Crippen LogP contribution in [0.4, 0.5) is 5.82 Å². The van der Waals surface area contributed by atoms with Crippen molar-refractivity contribution in [2.24, 2.45) is 11.3 Å². The maximum atomic E-state index is 13.1. The topological polar surface area (TPSA) is 186 Å². The van der Waals surface area contributed by atoms with Gasteiger partial charge in [0.1, 0.15) is 12.4 Å². The third kappa shape index (κ3) is 9.16. The molecule has 1 saturated carbocycles. The Kier molecular flexibility index (Phi) is 12.9. The average molecular weight is 708 g/mol. The van der Waals surface area contributed by atoms with Gasteiger partial charge in [-0.2, -0.15) is 0 Å². The van der Waals surface area contributed by atoms with Crippen molar-refractivity contribution in [3.8, 4) is 28.7 Å². The van der Waals surface area contributed by atoms with Crippen molar-refractivity contribution in [3.63, 3.8) is 0 Å². The van der Waals surface area contributed by atoms with E-state index in [1.807, 2.05) is 19.1 Å². The monoisotopic (exact) mass is 707 g/mol. The van der Waals surface area contributed by atoms with Gasteiger partial charge < -0.3 is 50.4 Å². The molecule has 2 fully saturated rings. The summed E-state index contributed by atoms with van der Waals surface area (Å²) in [6.45, 7) is 2.64. The number of nitrogens with two attached hydrogens (primary N) is 1. The minimum Gasteiger partial charge on any atom is -0.504 e. The van der Waals surface area contributed by atoms with Crippen LogP contribution in [0.15, 0.2) is 48.7 Å². The number of carboxylic acids is 1. The minimum atomic E-state index is -0.972. The van der Waals surface area contributed by atoms with Gasteiger partial charge in [-0.15, -0.1) is 0 Å². The number of aliphatic carboxylic acids is 1. The predicted octanol–water partition coefficient (Wildman–Crippen LogP) is 5.56. The lowest BCUT2D eigenvalue weighted by Gasteiger charge is -2.44. The summed E-state index contributed by atoms with van der Waals surface area (Å²) in [4.78, 5) is 17.3. The first-order chi connectivity index (χ1) is 24.6. The first-order valence-corrected chi connectivity index (χ1v) is 18.0. The number of methoxy groups -OCH3 is 2. The normalized spacial score (nSPS) is 21.4. The molecule has 1 aliphatic heterocycles. The van der Waals surface area contributed by atoms with Gasteiger partial charge in [-0.1, -0.05) is 32.3 Å². The van der Waals surface area contributed by atoms with Crippen molar-refractivity contribution >= 4 is 11.8 Å². The molecule has 2 aliphatic rings. The summed E-state index contributed by atoms with van der Waals surface area (Å²) in [7, 11) is 2.97. The van der Waals surface area contributed by atoms with E-state index in [1.54, 1.807) is 36.5 Å². The number of pyridine rings is 1. The largest absolute Gasteiger partial charge is 0.504 e. The van der Waals surface area contributed by atoms with Crippen LogP contribution in [0.25, 0.3) is 0 Å². The van der Waals surface area contributed by atoms with E-state index in [0.717, 1.165) is 30.4 Å². The van der Waals surface area contributed by atoms with Crippen LogP contribution in [0.3, 0.4) is 0 Å². The molecule has 12 nitrogen and oxygen atoms in total. The van der Waals surface area contributed by atoms with Gasteiger partial charge in [0.15, 0.2) is 23.0 Å². The van der Waals surface area contributed by atoms with Crippen LogP contribution in [0.2, 0.25) is 0 Å². The Balaban J connectivity index is 1.38. The van der Waals surface area contributed by atoms with E-state index in [9.17, 15) is 25.2 Å². The number of nitrogens with zero attached hydrogens (tertiary/aromatic N) is 1. The van der Waals surface area contributed by atoms with Crippen molar-refractivity contribution in [2.75, 3.05) is 33.1 Å². The summed E-state index contributed by atoms with van der Waals surface area (Å²) in [6, 6.07) is 11.9. The fourth-order valence-electron chi connectivity index (χ4n) is 7.93. The number of phenolic OH excluding ortho intramolecular Hbond substituents is 2. The van der Waals surface area contributed by atoms with Crippen molar-refractivity contribution in [3.05, 3.63) is 65.4 Å². The number of anilines is 1. The summed E-state index contributed by atoms with van der Waals surface area (Å²) >= 11 is 0. The number of aliphatic hydroxyl groups excluding tert-OH is 1. The van der Waals surface area contributed by atoms with E-state index in [2.05, 4.69) is 10.3 Å². The summed E-state index contributed by atoms with van der Waals surface area (Å²) in [6.07, 6.45) is 6.68. The molecule has 2 aromatic carbocycles. The maximum absolute atomic E-state index is 13.1. The number of hydrogen-bond donors (Lipinski definition) is 6. The van der Waals surface area contributed by atoms with Crippen molar-refractivity contribution < 1.29 is 44.2 Å². The zero-order valence-electron chi connectivity index (χ0n) is 29.8. The summed E-state index contributed by atoms with van der Waals surface area (Å²) < 4.78 is 23.7. The van der Waals surface area contributed by atoms with Crippen molar-refractivity contribution in [1.82, 2.24) is 10.3 Å². The lowest BCUT2D eigenvalue weighted by molar-refractivity contribution is -0.157. The molecule has 12 heteroatoms. The zero-order valence-corrected chi connectivity index (χ0v) is 29.8. The SMILES string of the molecule is CCNC(COc1cc(C2CC(O)CC(CCc3ccc(O)c(OC)c3)O2)cc(OC)c1O)C(Cc1ccnc(N)c1)C1(C(=O)O)CCCCC1. The summed E-state index contributed by atoms with van der Waals surface area (Å²) in [5.41, 5.74) is 7.62. The van der Waals surface area contributed by atoms with Crippen LogP contribution in [0.5, 0.6) is 28.7 Å². The Morgan fingerprint density at radius 2 is 1.76 bits per heavy atom. The number of benzene rings is 2. The molecule has 5 unspecified atom stereocenters. The number of phenols is 2. The molecule has 5 rings (SSSR count). The van der Waals surface area contributed by atoms with Crippen molar-refractivity contribution in [1.29, 1.82) is 0 Å². The highest BCUT2D eigenvalue weighted by Gasteiger charge is 2.49. The van der Waals surface area contributed by atoms with E-state index in [4.69, 9.17) is 24.7 Å². The first kappa shape index (κ1) is 38.0. The van der Waals surface area contributed by atoms with Crippen LogP contribution in [-0.2, 0) is 22.4 Å². The molecule has 1 aromatic heterocycles. The number of hydrogen-bond acceptors (Lipinski definition) is 11. The molecule has 5 atom stereocenters. The second kappa shape index (κ2) is 17.3. The number of nitrogen functional groups attached to an aromatic ring is 1. The number of rotatable bonds is 16.